The Morgan fingerprint density at radius 1 is 0.950 bits per heavy atom. The Morgan fingerprint density at radius 2 is 1.40 bits per heavy atom. The fraction of sp³-hybridized carbons (Fsp3) is 0.611. The van der Waals surface area contributed by atoms with Gasteiger partial charge < -0.3 is 4.74 Å². The van der Waals surface area contributed by atoms with Crippen molar-refractivity contribution >= 4 is 5.97 Å². The minimum Gasteiger partial charge on any atom is -0.469 e. The molecule has 0 spiro atoms. The Labute approximate surface area is 123 Å². The van der Waals surface area contributed by atoms with Gasteiger partial charge in [-0.3, -0.25) is 4.79 Å². The molecule has 1 rings (SSSR count). The first-order valence-electron chi connectivity index (χ1n) is 7.26. The van der Waals surface area contributed by atoms with Crippen LogP contribution in [0.25, 0.3) is 0 Å². The molecule has 0 unspecified atom stereocenters. The lowest BCUT2D eigenvalue weighted by atomic mass is 9.79. The summed E-state index contributed by atoms with van der Waals surface area (Å²) in [6, 6.07) is 6.73. The summed E-state index contributed by atoms with van der Waals surface area (Å²) in [7, 11) is 1.44. The van der Waals surface area contributed by atoms with E-state index in [-0.39, 0.29) is 16.8 Å². The number of aryl methyl sites for hydroxylation is 1. The van der Waals surface area contributed by atoms with Crippen molar-refractivity contribution in [2.45, 2.75) is 65.2 Å². The molecule has 20 heavy (non-hydrogen) atoms. The predicted octanol–water partition coefficient (Wildman–Crippen LogP) is 4.39. The molecular weight excluding hydrogens is 248 g/mol. The van der Waals surface area contributed by atoms with Crippen LogP contribution in [-0.2, 0) is 26.8 Å². The van der Waals surface area contributed by atoms with Crippen molar-refractivity contribution in [2.24, 2.45) is 0 Å². The maximum absolute atomic E-state index is 11.3. The third-order valence-electron chi connectivity index (χ3n) is 3.57. The second-order valence-corrected chi connectivity index (χ2v) is 7.49. The number of esters is 1. The van der Waals surface area contributed by atoms with Crippen LogP contribution in [0.1, 0.15) is 64.7 Å². The molecule has 1 aromatic rings. The van der Waals surface area contributed by atoms with Gasteiger partial charge in [-0.2, -0.15) is 0 Å². The zero-order valence-corrected chi connectivity index (χ0v) is 14.0. The summed E-state index contributed by atoms with van der Waals surface area (Å²) in [5.74, 6) is -0.150. The summed E-state index contributed by atoms with van der Waals surface area (Å²) in [5.41, 5.74) is 4.09. The number of ether oxygens (including phenoxy) is 1. The van der Waals surface area contributed by atoms with Gasteiger partial charge in [-0.15, -0.1) is 0 Å². The summed E-state index contributed by atoms with van der Waals surface area (Å²) >= 11 is 0. The van der Waals surface area contributed by atoms with E-state index in [2.05, 4.69) is 59.7 Å². The molecule has 0 bridgehead atoms. The third-order valence-corrected chi connectivity index (χ3v) is 3.57. The van der Waals surface area contributed by atoms with Crippen molar-refractivity contribution in [3.8, 4) is 0 Å². The number of hydrogen-bond donors (Lipinski definition) is 0. The van der Waals surface area contributed by atoms with Crippen molar-refractivity contribution in [1.29, 1.82) is 0 Å². The van der Waals surface area contributed by atoms with Crippen molar-refractivity contribution < 1.29 is 9.53 Å². The van der Waals surface area contributed by atoms with E-state index in [1.165, 1.54) is 23.8 Å². The van der Waals surface area contributed by atoms with E-state index in [0.29, 0.717) is 6.42 Å². The molecule has 1 aromatic carbocycles. The van der Waals surface area contributed by atoms with Gasteiger partial charge in [-0.05, 0) is 33.9 Å². The number of carbonyl (C=O) groups is 1. The van der Waals surface area contributed by atoms with Gasteiger partial charge in [0.2, 0.25) is 0 Å². The second-order valence-electron chi connectivity index (χ2n) is 7.49. The lowest BCUT2D eigenvalue weighted by Crippen LogP contribution is -2.17. The molecule has 0 saturated carbocycles. The van der Waals surface area contributed by atoms with Crippen LogP contribution < -0.4 is 0 Å². The highest BCUT2D eigenvalue weighted by Crippen LogP contribution is 2.30. The van der Waals surface area contributed by atoms with Crippen LogP contribution in [0.4, 0.5) is 0 Å². The minimum atomic E-state index is -0.150. The minimum absolute atomic E-state index is 0.112. The van der Waals surface area contributed by atoms with Gasteiger partial charge >= 0.3 is 5.97 Å². The zero-order chi connectivity index (χ0) is 15.6. The third kappa shape index (κ3) is 4.66. The summed E-state index contributed by atoms with van der Waals surface area (Å²) in [5, 5.41) is 0. The van der Waals surface area contributed by atoms with Crippen molar-refractivity contribution in [1.82, 2.24) is 0 Å². The number of benzene rings is 1. The Kier molecular flexibility index (Phi) is 5.01. The van der Waals surface area contributed by atoms with Crippen LogP contribution in [-0.4, -0.2) is 13.1 Å². The number of methoxy groups -OCH3 is 1. The van der Waals surface area contributed by atoms with Gasteiger partial charge in [0.05, 0.1) is 7.11 Å². The molecule has 0 N–H and O–H groups in total. The summed E-state index contributed by atoms with van der Waals surface area (Å²) in [6.45, 7) is 13.3. The first kappa shape index (κ1) is 16.7. The van der Waals surface area contributed by atoms with Crippen LogP contribution >= 0.6 is 0 Å². The van der Waals surface area contributed by atoms with Crippen LogP contribution in [0.15, 0.2) is 18.2 Å². The van der Waals surface area contributed by atoms with E-state index in [9.17, 15) is 4.79 Å². The Bertz CT molecular complexity index is 441. The topological polar surface area (TPSA) is 26.3 Å². The maximum atomic E-state index is 11.3. The van der Waals surface area contributed by atoms with Gasteiger partial charge in [-0.25, -0.2) is 0 Å². The molecule has 0 aliphatic heterocycles. The van der Waals surface area contributed by atoms with E-state index in [0.717, 1.165) is 6.42 Å². The summed E-state index contributed by atoms with van der Waals surface area (Å²) in [4.78, 5) is 11.3. The van der Waals surface area contributed by atoms with E-state index >= 15 is 0 Å². The second kappa shape index (κ2) is 5.99. The van der Waals surface area contributed by atoms with Crippen LogP contribution in [0.5, 0.6) is 0 Å². The molecule has 0 aliphatic carbocycles. The highest BCUT2D eigenvalue weighted by Gasteiger charge is 2.20. The average Bonchev–Trinajstić information content (AvgIpc) is 2.33. The lowest BCUT2D eigenvalue weighted by Gasteiger charge is -2.26. The molecule has 0 fully saturated rings. The zero-order valence-electron chi connectivity index (χ0n) is 14.0. The largest absolute Gasteiger partial charge is 0.469 e. The molecular formula is C18H28O2. The molecule has 0 saturated heterocycles. The quantitative estimate of drug-likeness (QED) is 0.765. The molecule has 0 aromatic heterocycles. The SMILES string of the molecule is COC(=O)CCc1cc(C(C)(C)C)cc(C(C)(C)C)c1. The Morgan fingerprint density at radius 3 is 1.75 bits per heavy atom. The number of rotatable bonds is 3. The van der Waals surface area contributed by atoms with Crippen LogP contribution in [0, 0.1) is 0 Å². The maximum Gasteiger partial charge on any atom is 0.305 e. The van der Waals surface area contributed by atoms with E-state index in [1.54, 1.807) is 0 Å². The number of hydrogen-bond acceptors (Lipinski definition) is 2. The standard InChI is InChI=1S/C18H28O2/c1-17(2,3)14-10-13(8-9-16(19)20-7)11-15(12-14)18(4,5)6/h10-12H,8-9H2,1-7H3. The van der Waals surface area contributed by atoms with Crippen LogP contribution in [0.3, 0.4) is 0 Å². The summed E-state index contributed by atoms with van der Waals surface area (Å²) < 4.78 is 4.73. The van der Waals surface area contributed by atoms with Gasteiger partial charge in [-0.1, -0.05) is 59.7 Å². The predicted molar refractivity (Wildman–Crippen MR) is 84.2 cm³/mol. The first-order valence-corrected chi connectivity index (χ1v) is 7.26. The number of carbonyl (C=O) groups excluding carboxylic acids is 1. The smallest absolute Gasteiger partial charge is 0.305 e. The molecule has 0 aliphatic rings. The van der Waals surface area contributed by atoms with Crippen molar-refractivity contribution in [2.75, 3.05) is 7.11 Å². The van der Waals surface area contributed by atoms with E-state index in [1.807, 2.05) is 0 Å². The summed E-state index contributed by atoms with van der Waals surface area (Å²) in [6.07, 6.45) is 1.17. The highest BCUT2D eigenvalue weighted by atomic mass is 16.5. The molecule has 112 valence electrons. The van der Waals surface area contributed by atoms with Gasteiger partial charge in [0.25, 0.3) is 0 Å². The Hall–Kier alpha value is -1.31. The van der Waals surface area contributed by atoms with E-state index in [4.69, 9.17) is 4.74 Å². The Balaban J connectivity index is 3.14. The molecule has 2 heteroatoms. The average molecular weight is 276 g/mol. The van der Waals surface area contributed by atoms with Crippen molar-refractivity contribution in [3.63, 3.8) is 0 Å². The van der Waals surface area contributed by atoms with Crippen LogP contribution in [0.2, 0.25) is 0 Å². The molecule has 0 radical (unpaired) electrons. The molecule has 0 heterocycles. The molecule has 2 nitrogen and oxygen atoms in total. The van der Waals surface area contributed by atoms with Crippen molar-refractivity contribution in [3.05, 3.63) is 34.9 Å². The van der Waals surface area contributed by atoms with Gasteiger partial charge in [0, 0.05) is 6.42 Å². The van der Waals surface area contributed by atoms with Gasteiger partial charge in [0.1, 0.15) is 0 Å². The fourth-order valence-corrected chi connectivity index (χ4v) is 2.05. The first-order chi connectivity index (χ1) is 9.04. The lowest BCUT2D eigenvalue weighted by molar-refractivity contribution is -0.140. The van der Waals surface area contributed by atoms with Gasteiger partial charge in [0.15, 0.2) is 0 Å². The monoisotopic (exact) mass is 276 g/mol. The normalized spacial score (nSPS) is 12.3. The molecule has 0 amide bonds. The highest BCUT2D eigenvalue weighted by molar-refractivity contribution is 5.69. The fourth-order valence-electron chi connectivity index (χ4n) is 2.05. The molecule has 0 atom stereocenters. The van der Waals surface area contributed by atoms with E-state index < -0.39 is 0 Å².